The van der Waals surface area contributed by atoms with Crippen LogP contribution in [0.4, 0.5) is 13.2 Å². The van der Waals surface area contributed by atoms with E-state index in [1.807, 2.05) is 0 Å². The van der Waals surface area contributed by atoms with Crippen molar-refractivity contribution in [3.05, 3.63) is 18.7 Å². The Morgan fingerprint density at radius 3 is 2.53 bits per heavy atom. The van der Waals surface area contributed by atoms with E-state index in [0.29, 0.717) is 0 Å². The molecule has 0 bridgehead atoms. The Kier molecular flexibility index (Phi) is 4.15. The molecular weight excluding hydrogens is 259 g/mol. The van der Waals surface area contributed by atoms with Gasteiger partial charge in [-0.3, -0.25) is 0 Å². The van der Waals surface area contributed by atoms with Gasteiger partial charge in [-0.1, -0.05) is 0 Å². The van der Waals surface area contributed by atoms with E-state index in [9.17, 15) is 21.6 Å². The zero-order valence-electron chi connectivity index (χ0n) is 9.11. The Balaban J connectivity index is 2.45. The quantitative estimate of drug-likeness (QED) is 0.754. The highest BCUT2D eigenvalue weighted by Crippen LogP contribution is 2.12. The maximum absolute atomic E-state index is 11.8. The number of hydrogen-bond donors (Lipinski definition) is 1. The lowest BCUT2D eigenvalue weighted by molar-refractivity contribution is -0.671. The average Bonchev–Trinajstić information content (AvgIpc) is 2.58. The van der Waals surface area contributed by atoms with Crippen molar-refractivity contribution in [3.63, 3.8) is 0 Å². The second-order valence-corrected chi connectivity index (χ2v) is 5.50. The van der Waals surface area contributed by atoms with E-state index in [1.54, 1.807) is 34.9 Å². The molecule has 0 atom stereocenters. The summed E-state index contributed by atoms with van der Waals surface area (Å²) in [6.07, 6.45) is 0.446. The summed E-state index contributed by atoms with van der Waals surface area (Å²) in [5.41, 5.74) is 0. The van der Waals surface area contributed by atoms with Crippen LogP contribution in [0.2, 0.25) is 0 Å². The van der Waals surface area contributed by atoms with Crippen molar-refractivity contribution in [1.82, 2.24) is 9.29 Å². The van der Waals surface area contributed by atoms with E-state index >= 15 is 0 Å². The van der Waals surface area contributed by atoms with Gasteiger partial charge in [0.1, 0.15) is 31.2 Å². The number of hydrogen-bond acceptors (Lipinski definition) is 2. The molecule has 98 valence electrons. The predicted octanol–water partition coefficient (Wildman–Crippen LogP) is -0.206. The minimum atomic E-state index is -4.53. The number of nitrogens with zero attached hydrogens (tertiary/aromatic N) is 2. The molecule has 0 fully saturated rings. The van der Waals surface area contributed by atoms with E-state index in [-0.39, 0.29) is 6.54 Å². The van der Waals surface area contributed by atoms with Crippen molar-refractivity contribution < 1.29 is 26.2 Å². The lowest BCUT2D eigenvalue weighted by Crippen LogP contribution is -2.36. The first-order chi connectivity index (χ1) is 7.68. The van der Waals surface area contributed by atoms with E-state index in [4.69, 9.17) is 0 Å². The zero-order chi connectivity index (χ0) is 13.1. The molecule has 5 nitrogen and oxygen atoms in total. The molecule has 0 unspecified atom stereocenters. The molecule has 0 radical (unpaired) electrons. The SMILES string of the molecule is C[n+]1ccn(CCS(=O)(=O)NCC(F)(F)F)c1. The molecule has 0 aliphatic rings. The lowest BCUT2D eigenvalue weighted by Gasteiger charge is -2.08. The molecule has 1 heterocycles. The summed E-state index contributed by atoms with van der Waals surface area (Å²) in [6, 6.07) is 0. The maximum Gasteiger partial charge on any atom is 0.402 e. The van der Waals surface area contributed by atoms with Crippen LogP contribution in [0.1, 0.15) is 0 Å². The van der Waals surface area contributed by atoms with Crippen LogP contribution in [0.25, 0.3) is 0 Å². The number of halogens is 3. The van der Waals surface area contributed by atoms with Crippen LogP contribution in [0, 0.1) is 0 Å². The van der Waals surface area contributed by atoms with Crippen LogP contribution in [-0.2, 0) is 23.6 Å². The Bertz CT molecular complexity index is 467. The van der Waals surface area contributed by atoms with Crippen molar-refractivity contribution in [1.29, 1.82) is 0 Å². The third-order valence-electron chi connectivity index (χ3n) is 1.93. The summed E-state index contributed by atoms with van der Waals surface area (Å²) in [7, 11) is -2.15. The second kappa shape index (κ2) is 5.05. The summed E-state index contributed by atoms with van der Waals surface area (Å²) in [6.45, 7) is -1.43. The molecule has 0 saturated carbocycles. The molecule has 0 aliphatic carbocycles. The van der Waals surface area contributed by atoms with Gasteiger partial charge in [-0.25, -0.2) is 22.3 Å². The highest BCUT2D eigenvalue weighted by molar-refractivity contribution is 7.89. The Morgan fingerprint density at radius 2 is 2.06 bits per heavy atom. The van der Waals surface area contributed by atoms with E-state index in [1.165, 1.54) is 4.72 Å². The van der Waals surface area contributed by atoms with Crippen LogP contribution in [0.3, 0.4) is 0 Å². The van der Waals surface area contributed by atoms with Crippen LogP contribution in [-0.4, -0.2) is 31.5 Å². The van der Waals surface area contributed by atoms with Gasteiger partial charge < -0.3 is 0 Å². The van der Waals surface area contributed by atoms with Crippen molar-refractivity contribution >= 4 is 10.0 Å². The van der Waals surface area contributed by atoms with Gasteiger partial charge in [0.25, 0.3) is 0 Å². The third-order valence-corrected chi connectivity index (χ3v) is 3.24. The maximum atomic E-state index is 11.8. The zero-order valence-corrected chi connectivity index (χ0v) is 9.92. The van der Waals surface area contributed by atoms with Gasteiger partial charge in [-0.15, -0.1) is 0 Å². The number of nitrogens with one attached hydrogen (secondary N) is 1. The molecule has 1 N–H and O–H groups in total. The van der Waals surface area contributed by atoms with Gasteiger partial charge in [-0.05, 0) is 0 Å². The van der Waals surface area contributed by atoms with Crippen molar-refractivity contribution in [2.45, 2.75) is 12.7 Å². The number of aryl methyl sites for hydroxylation is 2. The molecule has 17 heavy (non-hydrogen) atoms. The van der Waals surface area contributed by atoms with Gasteiger partial charge >= 0.3 is 6.18 Å². The summed E-state index contributed by atoms with van der Waals surface area (Å²) in [4.78, 5) is 0. The molecule has 1 aromatic rings. The Labute approximate surface area is 96.9 Å². The summed E-state index contributed by atoms with van der Waals surface area (Å²) in [5, 5.41) is 0. The van der Waals surface area contributed by atoms with Crippen molar-refractivity contribution in [2.75, 3.05) is 12.3 Å². The molecule has 0 aliphatic heterocycles. The average molecular weight is 272 g/mol. The summed E-state index contributed by atoms with van der Waals surface area (Å²) >= 11 is 0. The molecule has 1 aromatic heterocycles. The van der Waals surface area contributed by atoms with Crippen LogP contribution in [0.5, 0.6) is 0 Å². The number of aromatic nitrogens is 2. The number of sulfonamides is 1. The molecular formula is C8H13F3N3O2S+. The molecule has 0 amide bonds. The Morgan fingerprint density at radius 1 is 1.41 bits per heavy atom. The van der Waals surface area contributed by atoms with Gasteiger partial charge in [-0.2, -0.15) is 13.2 Å². The molecule has 9 heteroatoms. The van der Waals surface area contributed by atoms with Gasteiger partial charge in [0.2, 0.25) is 16.4 Å². The van der Waals surface area contributed by atoms with Gasteiger partial charge in [0.05, 0.1) is 7.05 Å². The molecule has 1 rings (SSSR count). The monoisotopic (exact) mass is 272 g/mol. The molecule has 0 spiro atoms. The van der Waals surface area contributed by atoms with Crippen LogP contribution < -0.4 is 9.29 Å². The van der Waals surface area contributed by atoms with Gasteiger partial charge in [0.15, 0.2) is 0 Å². The largest absolute Gasteiger partial charge is 0.402 e. The fraction of sp³-hybridized carbons (Fsp3) is 0.625. The number of rotatable bonds is 5. The van der Waals surface area contributed by atoms with Crippen LogP contribution >= 0.6 is 0 Å². The fourth-order valence-electron chi connectivity index (χ4n) is 1.12. The van der Waals surface area contributed by atoms with Crippen molar-refractivity contribution in [3.8, 4) is 0 Å². The fourth-order valence-corrected chi connectivity index (χ4v) is 2.10. The predicted molar refractivity (Wildman–Crippen MR) is 53.5 cm³/mol. The number of imidazole rings is 1. The van der Waals surface area contributed by atoms with E-state index in [2.05, 4.69) is 0 Å². The first-order valence-corrected chi connectivity index (χ1v) is 6.38. The minimum absolute atomic E-state index is 0.105. The highest BCUT2D eigenvalue weighted by atomic mass is 32.2. The molecule has 0 aromatic carbocycles. The van der Waals surface area contributed by atoms with Crippen LogP contribution in [0.15, 0.2) is 18.7 Å². The second-order valence-electron chi connectivity index (χ2n) is 3.57. The van der Waals surface area contributed by atoms with E-state index < -0.39 is 28.5 Å². The topological polar surface area (TPSA) is 55.0 Å². The first kappa shape index (κ1) is 14.0. The molecule has 0 saturated heterocycles. The normalized spacial score (nSPS) is 12.9. The van der Waals surface area contributed by atoms with Gasteiger partial charge in [0, 0.05) is 0 Å². The Hall–Kier alpha value is -1.09. The summed E-state index contributed by atoms with van der Waals surface area (Å²) in [5.74, 6) is -0.391. The standard InChI is InChI=1S/C8H13F3N3O2S/c1-13-2-3-14(7-13)4-5-17(15,16)12-6-8(9,10)11/h2-3,7,12H,4-6H2,1H3/q+1. The van der Waals surface area contributed by atoms with Crippen molar-refractivity contribution in [2.24, 2.45) is 7.05 Å². The first-order valence-electron chi connectivity index (χ1n) is 4.73. The third kappa shape index (κ3) is 5.68. The lowest BCUT2D eigenvalue weighted by atomic mass is 10.7. The van der Waals surface area contributed by atoms with E-state index in [0.717, 1.165) is 0 Å². The number of alkyl halides is 3. The summed E-state index contributed by atoms with van der Waals surface area (Å²) < 4.78 is 62.7. The smallest absolute Gasteiger partial charge is 0.240 e. The highest BCUT2D eigenvalue weighted by Gasteiger charge is 2.29. The minimum Gasteiger partial charge on any atom is -0.240 e.